The number of nitrogens with zero attached hydrogens (tertiary/aromatic N) is 2. The predicted octanol–water partition coefficient (Wildman–Crippen LogP) is 0.729. The third-order valence-electron chi connectivity index (χ3n) is 2.68. The van der Waals surface area contributed by atoms with Crippen LogP contribution in [0.25, 0.3) is 0 Å². The molecule has 1 saturated heterocycles. The molecular formula is C10H21N3O. The summed E-state index contributed by atoms with van der Waals surface area (Å²) >= 11 is 0. The highest BCUT2D eigenvalue weighted by Gasteiger charge is 2.28. The highest BCUT2D eigenvalue weighted by Crippen LogP contribution is 2.15. The van der Waals surface area contributed by atoms with E-state index in [1.54, 1.807) is 4.90 Å². The van der Waals surface area contributed by atoms with E-state index in [2.05, 4.69) is 6.92 Å². The lowest BCUT2D eigenvalue weighted by Gasteiger charge is -2.38. The van der Waals surface area contributed by atoms with E-state index in [1.165, 1.54) is 0 Å². The summed E-state index contributed by atoms with van der Waals surface area (Å²) in [7, 11) is 1.87. The van der Waals surface area contributed by atoms with Crippen LogP contribution < -0.4 is 5.73 Å². The van der Waals surface area contributed by atoms with E-state index >= 15 is 0 Å². The lowest BCUT2D eigenvalue weighted by molar-refractivity contribution is 0.113. The van der Waals surface area contributed by atoms with Crippen LogP contribution in [0, 0.1) is 5.92 Å². The van der Waals surface area contributed by atoms with Gasteiger partial charge in [0.2, 0.25) is 0 Å². The van der Waals surface area contributed by atoms with Crippen molar-refractivity contribution in [2.24, 2.45) is 11.7 Å². The lowest BCUT2D eigenvalue weighted by Crippen LogP contribution is -2.52. The Morgan fingerprint density at radius 2 is 2.21 bits per heavy atom. The summed E-state index contributed by atoms with van der Waals surface area (Å²) in [6, 6.07) is 0.167. The van der Waals surface area contributed by atoms with Crippen LogP contribution in [0.2, 0.25) is 0 Å². The molecule has 1 aliphatic rings. The first kappa shape index (κ1) is 11.3. The molecule has 0 aromatic heterocycles. The predicted molar refractivity (Wildman–Crippen MR) is 57.1 cm³/mol. The zero-order valence-electron chi connectivity index (χ0n) is 9.20. The Bertz CT molecular complexity index is 196. The van der Waals surface area contributed by atoms with Crippen LogP contribution in [0.1, 0.15) is 19.8 Å². The lowest BCUT2D eigenvalue weighted by atomic mass is 10.0. The van der Waals surface area contributed by atoms with Gasteiger partial charge in [0.25, 0.3) is 0 Å². The van der Waals surface area contributed by atoms with E-state index in [1.807, 2.05) is 11.9 Å². The molecule has 0 bridgehead atoms. The molecule has 4 nitrogen and oxygen atoms in total. The maximum absolute atomic E-state index is 11.7. The molecule has 1 aliphatic heterocycles. The van der Waals surface area contributed by atoms with E-state index in [9.17, 15) is 4.79 Å². The van der Waals surface area contributed by atoms with Crippen molar-refractivity contribution in [3.8, 4) is 0 Å². The molecule has 1 heterocycles. The number of rotatable bonds is 4. The Kier molecular flexibility index (Phi) is 4.20. The number of hydrogen-bond acceptors (Lipinski definition) is 2. The molecule has 1 fully saturated rings. The summed E-state index contributed by atoms with van der Waals surface area (Å²) < 4.78 is 0. The average Bonchev–Trinajstić information content (AvgIpc) is 2.14. The highest BCUT2D eigenvalue weighted by molar-refractivity contribution is 5.74. The van der Waals surface area contributed by atoms with Gasteiger partial charge in [-0.25, -0.2) is 4.79 Å². The van der Waals surface area contributed by atoms with Crippen molar-refractivity contribution in [1.82, 2.24) is 9.80 Å². The van der Waals surface area contributed by atoms with Crippen LogP contribution in [0.4, 0.5) is 4.79 Å². The second-order valence-electron chi connectivity index (χ2n) is 4.05. The van der Waals surface area contributed by atoms with Crippen LogP contribution in [0.3, 0.4) is 0 Å². The molecular weight excluding hydrogens is 178 g/mol. The molecule has 0 spiro atoms. The zero-order valence-corrected chi connectivity index (χ0v) is 9.20. The minimum absolute atomic E-state index is 0.167. The monoisotopic (exact) mass is 199 g/mol. The summed E-state index contributed by atoms with van der Waals surface area (Å²) in [5, 5.41) is 0. The fourth-order valence-electron chi connectivity index (χ4n) is 2.03. The fraction of sp³-hybridized carbons (Fsp3) is 0.900. The van der Waals surface area contributed by atoms with Crippen molar-refractivity contribution in [3.05, 3.63) is 0 Å². The van der Waals surface area contributed by atoms with E-state index in [0.29, 0.717) is 12.5 Å². The topological polar surface area (TPSA) is 49.6 Å². The Morgan fingerprint density at radius 1 is 1.50 bits per heavy atom. The van der Waals surface area contributed by atoms with Crippen molar-refractivity contribution >= 4 is 6.03 Å². The first-order valence-corrected chi connectivity index (χ1v) is 5.39. The second-order valence-corrected chi connectivity index (χ2v) is 4.05. The van der Waals surface area contributed by atoms with Crippen molar-refractivity contribution in [3.63, 3.8) is 0 Å². The van der Waals surface area contributed by atoms with Crippen molar-refractivity contribution in [1.29, 1.82) is 0 Å². The summed E-state index contributed by atoms with van der Waals surface area (Å²) in [6.07, 6.45) is 2.03. The summed E-state index contributed by atoms with van der Waals surface area (Å²) in [4.78, 5) is 15.4. The second kappa shape index (κ2) is 5.20. The van der Waals surface area contributed by atoms with E-state index in [-0.39, 0.29) is 6.03 Å². The Labute approximate surface area is 86.0 Å². The minimum Gasteiger partial charge on any atom is -0.330 e. The maximum atomic E-state index is 11.7. The average molecular weight is 199 g/mol. The van der Waals surface area contributed by atoms with Gasteiger partial charge in [-0.1, -0.05) is 6.92 Å². The smallest absolute Gasteiger partial charge is 0.319 e. The molecule has 82 valence electrons. The molecule has 0 saturated carbocycles. The van der Waals surface area contributed by atoms with Gasteiger partial charge < -0.3 is 15.5 Å². The molecule has 2 amide bonds. The SMILES string of the molecule is CCCN1CC(CCN)CN(C)C1=O. The fourth-order valence-corrected chi connectivity index (χ4v) is 2.03. The number of urea groups is 1. The Hall–Kier alpha value is -0.770. The first-order chi connectivity index (χ1) is 6.69. The third-order valence-corrected chi connectivity index (χ3v) is 2.68. The van der Waals surface area contributed by atoms with Crippen LogP contribution in [0.15, 0.2) is 0 Å². The zero-order chi connectivity index (χ0) is 10.6. The molecule has 2 N–H and O–H groups in total. The molecule has 0 aliphatic carbocycles. The van der Waals surface area contributed by atoms with Gasteiger partial charge >= 0.3 is 6.03 Å². The molecule has 0 aromatic carbocycles. The third kappa shape index (κ3) is 2.61. The van der Waals surface area contributed by atoms with Crippen molar-refractivity contribution in [2.75, 3.05) is 33.2 Å². The number of hydrogen-bond donors (Lipinski definition) is 1. The molecule has 1 unspecified atom stereocenters. The Balaban J connectivity index is 2.52. The minimum atomic E-state index is 0.167. The van der Waals surface area contributed by atoms with Crippen LogP contribution in [-0.2, 0) is 0 Å². The summed E-state index contributed by atoms with van der Waals surface area (Å²) in [5.41, 5.74) is 5.54. The molecule has 1 atom stereocenters. The van der Waals surface area contributed by atoms with Gasteiger partial charge in [-0.3, -0.25) is 0 Å². The maximum Gasteiger partial charge on any atom is 0.319 e. The van der Waals surface area contributed by atoms with E-state index in [4.69, 9.17) is 5.73 Å². The quantitative estimate of drug-likeness (QED) is 0.725. The molecule has 0 aromatic rings. The number of amides is 2. The summed E-state index contributed by atoms with van der Waals surface area (Å²) in [6.45, 7) is 5.42. The normalized spacial score (nSPS) is 23.1. The standard InChI is InChI=1S/C10H21N3O/c1-3-6-13-8-9(4-5-11)7-12(2)10(13)14/h9H,3-8,11H2,1-2H3. The Morgan fingerprint density at radius 3 is 2.79 bits per heavy atom. The highest BCUT2D eigenvalue weighted by atomic mass is 16.2. The van der Waals surface area contributed by atoms with Gasteiger partial charge in [0.15, 0.2) is 0 Å². The molecule has 1 rings (SSSR count). The van der Waals surface area contributed by atoms with Gasteiger partial charge in [-0.2, -0.15) is 0 Å². The van der Waals surface area contributed by atoms with Crippen molar-refractivity contribution < 1.29 is 4.79 Å². The van der Waals surface area contributed by atoms with Gasteiger partial charge in [0.05, 0.1) is 0 Å². The van der Waals surface area contributed by atoms with E-state index < -0.39 is 0 Å². The molecule has 14 heavy (non-hydrogen) atoms. The first-order valence-electron chi connectivity index (χ1n) is 5.39. The van der Waals surface area contributed by atoms with Crippen LogP contribution in [0.5, 0.6) is 0 Å². The molecule has 4 heteroatoms. The summed E-state index contributed by atoms with van der Waals surface area (Å²) in [5.74, 6) is 0.550. The molecule has 0 radical (unpaired) electrons. The number of carbonyl (C=O) groups is 1. The largest absolute Gasteiger partial charge is 0.330 e. The van der Waals surface area contributed by atoms with Gasteiger partial charge in [0.1, 0.15) is 0 Å². The van der Waals surface area contributed by atoms with E-state index in [0.717, 1.165) is 32.5 Å². The van der Waals surface area contributed by atoms with Crippen LogP contribution in [-0.4, -0.2) is 49.1 Å². The van der Waals surface area contributed by atoms with Gasteiger partial charge in [0, 0.05) is 26.7 Å². The number of carbonyl (C=O) groups excluding carboxylic acids is 1. The van der Waals surface area contributed by atoms with Gasteiger partial charge in [-0.05, 0) is 25.3 Å². The number of nitrogens with two attached hydrogens (primary N) is 1. The van der Waals surface area contributed by atoms with Crippen molar-refractivity contribution in [2.45, 2.75) is 19.8 Å². The van der Waals surface area contributed by atoms with Gasteiger partial charge in [-0.15, -0.1) is 0 Å². The van der Waals surface area contributed by atoms with Crippen LogP contribution >= 0.6 is 0 Å².